The van der Waals surface area contributed by atoms with E-state index in [-0.39, 0.29) is 12.8 Å². The zero-order chi connectivity index (χ0) is 30.0. The Balaban J connectivity index is 4.00. The van der Waals surface area contributed by atoms with Gasteiger partial charge in [-0.15, -0.1) is 0 Å². The van der Waals surface area contributed by atoms with Gasteiger partial charge in [-0.25, -0.2) is 0 Å². The lowest BCUT2D eigenvalue weighted by molar-refractivity contribution is -0.163. The lowest BCUT2D eigenvalue weighted by Crippen LogP contribution is -2.52. The maximum absolute atomic E-state index is 12.2. The number of hydrogen-bond acceptors (Lipinski definition) is 8. The standard InChI is InChI=1S/C30H58O8/c1-3-5-7-9-11-13-15-17-19-21-24(31)27(34)29(36)30(37)28(35)25(32)23-38-26(33)22-20-18-16-14-12-10-8-6-4-2/h25,27-30,32,34-37H,3-23H2,1-2H3/t25-,27?,28-,29+,30+/m1/s1/i1D,2D. The van der Waals surface area contributed by atoms with Crippen LogP contribution in [-0.2, 0) is 14.3 Å². The average Bonchev–Trinajstić information content (AvgIpc) is 2.95. The molecular weight excluding hydrogens is 488 g/mol. The average molecular weight is 549 g/mol. The Morgan fingerprint density at radius 1 is 0.579 bits per heavy atom. The highest BCUT2D eigenvalue weighted by Gasteiger charge is 2.37. The van der Waals surface area contributed by atoms with E-state index in [2.05, 4.69) is 0 Å². The van der Waals surface area contributed by atoms with E-state index in [1.165, 1.54) is 6.42 Å². The van der Waals surface area contributed by atoms with Crippen molar-refractivity contribution in [3.8, 4) is 0 Å². The Hall–Kier alpha value is -1.06. The van der Waals surface area contributed by atoms with E-state index >= 15 is 0 Å². The molecule has 0 amide bonds. The minimum absolute atomic E-state index is 0.0391. The van der Waals surface area contributed by atoms with Crippen LogP contribution in [0.4, 0.5) is 0 Å². The van der Waals surface area contributed by atoms with E-state index in [4.69, 9.17) is 7.48 Å². The molecule has 0 aliphatic carbocycles. The van der Waals surface area contributed by atoms with Crippen LogP contribution in [-0.4, -0.2) is 74.4 Å². The zero-order valence-corrected chi connectivity index (χ0v) is 23.6. The predicted octanol–water partition coefficient (Wildman–Crippen LogP) is 4.75. The van der Waals surface area contributed by atoms with Crippen molar-refractivity contribution in [3.63, 3.8) is 0 Å². The van der Waals surface area contributed by atoms with Crippen LogP contribution in [0.5, 0.6) is 0 Å². The highest BCUT2D eigenvalue weighted by molar-refractivity contribution is 5.83. The van der Waals surface area contributed by atoms with Gasteiger partial charge in [0.05, 0.1) is 0 Å². The number of carbonyl (C=O) groups excluding carboxylic acids is 2. The fourth-order valence-electron chi connectivity index (χ4n) is 4.35. The Kier molecular flexibility index (Phi) is 21.8. The number of carbonyl (C=O) groups is 2. The van der Waals surface area contributed by atoms with Gasteiger partial charge in [-0.1, -0.05) is 117 Å². The molecule has 0 aromatic heterocycles. The molecule has 0 aliphatic rings. The van der Waals surface area contributed by atoms with Crippen molar-refractivity contribution in [3.05, 3.63) is 0 Å². The van der Waals surface area contributed by atoms with Crippen molar-refractivity contribution in [2.45, 2.75) is 173 Å². The van der Waals surface area contributed by atoms with Gasteiger partial charge in [-0.05, 0) is 12.8 Å². The molecule has 0 heterocycles. The Morgan fingerprint density at radius 3 is 1.47 bits per heavy atom. The molecule has 0 saturated carbocycles. The maximum Gasteiger partial charge on any atom is 0.305 e. The normalized spacial score (nSPS) is 16.2. The summed E-state index contributed by atoms with van der Waals surface area (Å²) in [6.07, 6.45) is 8.81. The third-order valence-corrected chi connectivity index (χ3v) is 6.97. The summed E-state index contributed by atoms with van der Waals surface area (Å²) in [7, 11) is 0. The van der Waals surface area contributed by atoms with E-state index in [9.17, 15) is 35.1 Å². The van der Waals surface area contributed by atoms with Crippen molar-refractivity contribution in [1.29, 1.82) is 0 Å². The van der Waals surface area contributed by atoms with Gasteiger partial charge >= 0.3 is 5.97 Å². The van der Waals surface area contributed by atoms with Crippen LogP contribution in [0, 0.1) is 0 Å². The minimum Gasteiger partial charge on any atom is -0.463 e. The van der Waals surface area contributed by atoms with Crippen LogP contribution in [0.25, 0.3) is 0 Å². The lowest BCUT2D eigenvalue weighted by Gasteiger charge is -2.28. The molecule has 38 heavy (non-hydrogen) atoms. The van der Waals surface area contributed by atoms with Crippen LogP contribution < -0.4 is 0 Å². The summed E-state index contributed by atoms with van der Waals surface area (Å²) in [5.41, 5.74) is 0. The second kappa shape index (κ2) is 24.9. The quantitative estimate of drug-likeness (QED) is 0.0731. The molecule has 0 aromatic carbocycles. The molecule has 226 valence electrons. The summed E-state index contributed by atoms with van der Waals surface area (Å²) in [6, 6.07) is 0. The summed E-state index contributed by atoms with van der Waals surface area (Å²) < 4.78 is 19.2. The fraction of sp³-hybridized carbons (Fsp3) is 0.933. The fourth-order valence-corrected chi connectivity index (χ4v) is 4.35. The highest BCUT2D eigenvalue weighted by Crippen LogP contribution is 2.15. The Labute approximate surface area is 234 Å². The molecule has 0 aromatic rings. The predicted molar refractivity (Wildman–Crippen MR) is 150 cm³/mol. The maximum atomic E-state index is 12.2. The molecule has 0 bridgehead atoms. The number of aliphatic hydroxyl groups excluding tert-OH is 5. The molecule has 8 heteroatoms. The molecule has 0 aliphatic heterocycles. The van der Waals surface area contributed by atoms with E-state index in [0.717, 1.165) is 96.3 Å². The molecule has 5 atom stereocenters. The number of ether oxygens (including phenoxy) is 1. The third kappa shape index (κ3) is 19.1. The first-order valence-corrected chi connectivity index (χ1v) is 14.9. The highest BCUT2D eigenvalue weighted by atomic mass is 16.5. The first-order chi connectivity index (χ1) is 19.3. The number of unbranched alkanes of at least 4 members (excludes halogenated alkanes) is 16. The monoisotopic (exact) mass is 548 g/mol. The Morgan fingerprint density at radius 2 is 1.00 bits per heavy atom. The molecule has 8 nitrogen and oxygen atoms in total. The summed E-state index contributed by atoms with van der Waals surface area (Å²) in [5.74, 6) is -1.17. The van der Waals surface area contributed by atoms with Crippen molar-refractivity contribution in [2.75, 3.05) is 6.61 Å². The van der Waals surface area contributed by atoms with Gasteiger partial charge in [-0.3, -0.25) is 9.59 Å². The van der Waals surface area contributed by atoms with Gasteiger partial charge in [0.15, 0.2) is 5.78 Å². The van der Waals surface area contributed by atoms with Crippen LogP contribution in [0.3, 0.4) is 0 Å². The number of ketones is 1. The summed E-state index contributed by atoms with van der Waals surface area (Å²) in [6.45, 7) is 0.406. The molecule has 0 fully saturated rings. The van der Waals surface area contributed by atoms with Gasteiger partial charge in [0.25, 0.3) is 0 Å². The van der Waals surface area contributed by atoms with Gasteiger partial charge in [0.1, 0.15) is 37.1 Å². The second-order valence-electron chi connectivity index (χ2n) is 10.5. The van der Waals surface area contributed by atoms with Crippen molar-refractivity contribution >= 4 is 11.8 Å². The topological polar surface area (TPSA) is 145 Å². The van der Waals surface area contributed by atoms with Crippen molar-refractivity contribution < 1.29 is 42.6 Å². The van der Waals surface area contributed by atoms with Crippen LogP contribution >= 0.6 is 0 Å². The van der Waals surface area contributed by atoms with E-state index in [1.807, 2.05) is 0 Å². The zero-order valence-electron chi connectivity index (χ0n) is 25.6. The molecule has 0 rings (SSSR count). The Bertz CT molecular complexity index is 610. The second-order valence-corrected chi connectivity index (χ2v) is 10.5. The molecule has 5 N–H and O–H groups in total. The number of esters is 1. The molecule has 0 spiro atoms. The van der Waals surface area contributed by atoms with E-state index < -0.39 is 48.9 Å². The molecule has 1 unspecified atom stereocenters. The first kappa shape index (κ1) is 33.1. The van der Waals surface area contributed by atoms with Gasteiger partial charge < -0.3 is 30.3 Å². The lowest BCUT2D eigenvalue weighted by atomic mass is 9.95. The molecular formula is C30H58O8. The van der Waals surface area contributed by atoms with Gasteiger partial charge in [0.2, 0.25) is 0 Å². The third-order valence-electron chi connectivity index (χ3n) is 6.97. The number of rotatable bonds is 27. The van der Waals surface area contributed by atoms with Crippen LogP contribution in [0.15, 0.2) is 0 Å². The SMILES string of the molecule is [2H]CCCCCCCCCCCC(=O)OC[C@@H](O)[C@@H](O)[C@H](O)[C@@H](O)C(O)C(=O)CCCCCCCCCCC[2H]. The number of Topliss-reactive ketones (excluding diaryl/α,β-unsaturated/α-hetero) is 1. The summed E-state index contributed by atoms with van der Waals surface area (Å²) in [4.78, 5) is 24.1. The number of hydrogen-bond donors (Lipinski definition) is 5. The van der Waals surface area contributed by atoms with E-state index in [1.54, 1.807) is 0 Å². The van der Waals surface area contributed by atoms with Gasteiger partial charge in [0, 0.05) is 15.6 Å². The van der Waals surface area contributed by atoms with Crippen LogP contribution in [0.2, 0.25) is 0 Å². The largest absolute Gasteiger partial charge is 0.463 e. The first-order valence-electron chi connectivity index (χ1n) is 16.3. The van der Waals surface area contributed by atoms with Crippen LogP contribution in [0.1, 0.15) is 145 Å². The van der Waals surface area contributed by atoms with Gasteiger partial charge in [-0.2, -0.15) is 0 Å². The number of aliphatic hydroxyl groups is 5. The van der Waals surface area contributed by atoms with Crippen molar-refractivity contribution in [1.82, 2.24) is 0 Å². The molecule has 0 saturated heterocycles. The smallest absolute Gasteiger partial charge is 0.305 e. The molecule has 0 radical (unpaired) electrons. The van der Waals surface area contributed by atoms with E-state index in [0.29, 0.717) is 26.6 Å². The summed E-state index contributed by atoms with van der Waals surface area (Å²) in [5, 5.41) is 50.6. The summed E-state index contributed by atoms with van der Waals surface area (Å²) >= 11 is 0. The van der Waals surface area contributed by atoms with Crippen molar-refractivity contribution in [2.24, 2.45) is 0 Å². The minimum atomic E-state index is -1.99.